The summed E-state index contributed by atoms with van der Waals surface area (Å²) in [6.07, 6.45) is 1.83. The van der Waals surface area contributed by atoms with E-state index in [1.165, 1.54) is 5.56 Å². The second-order valence-corrected chi connectivity index (χ2v) is 6.33. The van der Waals surface area contributed by atoms with Gasteiger partial charge in [-0.05, 0) is 58.2 Å². The molecule has 0 fully saturated rings. The van der Waals surface area contributed by atoms with Crippen LogP contribution >= 0.6 is 0 Å². The topological polar surface area (TPSA) is 47.0 Å². The van der Waals surface area contributed by atoms with Crippen molar-refractivity contribution in [2.24, 2.45) is 5.92 Å². The lowest BCUT2D eigenvalue weighted by Gasteiger charge is -2.26. The number of hydrogen-bond donors (Lipinski definition) is 1. The predicted octanol–water partition coefficient (Wildman–Crippen LogP) is 3.15. The summed E-state index contributed by atoms with van der Waals surface area (Å²) in [5.41, 5.74) is 3.00. The molecule has 0 amide bonds. The molecular weight excluding hydrogens is 262 g/mol. The summed E-state index contributed by atoms with van der Waals surface area (Å²) in [5, 5.41) is 3.47. The highest BCUT2D eigenvalue weighted by Gasteiger charge is 2.28. The van der Waals surface area contributed by atoms with Crippen LogP contribution in [-0.2, 0) is 16.8 Å². The molecule has 120 valence electrons. The van der Waals surface area contributed by atoms with E-state index in [1.54, 1.807) is 7.11 Å². The van der Waals surface area contributed by atoms with Crippen molar-refractivity contribution in [2.45, 2.75) is 60.0 Å². The first kappa shape index (κ1) is 18.1. The Bertz CT molecular complexity index is 430. The van der Waals surface area contributed by atoms with Crippen LogP contribution in [0.5, 0.6) is 0 Å². The molecule has 1 aromatic rings. The average molecular weight is 293 g/mol. The number of methoxy groups -OCH3 is 1. The zero-order valence-electron chi connectivity index (χ0n) is 14.7. The molecule has 0 radical (unpaired) electrons. The summed E-state index contributed by atoms with van der Waals surface area (Å²) in [6.45, 7) is 14.7. The van der Waals surface area contributed by atoms with Crippen LogP contribution in [0.4, 0.5) is 0 Å². The van der Waals surface area contributed by atoms with Crippen molar-refractivity contribution in [1.82, 2.24) is 15.3 Å². The Kier molecular flexibility index (Phi) is 6.75. The van der Waals surface area contributed by atoms with Gasteiger partial charge in [0, 0.05) is 18.5 Å². The second-order valence-electron chi connectivity index (χ2n) is 6.33. The van der Waals surface area contributed by atoms with E-state index in [4.69, 9.17) is 14.7 Å². The molecule has 21 heavy (non-hydrogen) atoms. The van der Waals surface area contributed by atoms with Gasteiger partial charge in [0.1, 0.15) is 5.60 Å². The molecule has 4 nitrogen and oxygen atoms in total. The third kappa shape index (κ3) is 4.75. The number of nitrogens with one attached hydrogen (secondary N) is 1. The summed E-state index contributed by atoms with van der Waals surface area (Å²) < 4.78 is 5.61. The maximum Gasteiger partial charge on any atom is 0.160 e. The van der Waals surface area contributed by atoms with Crippen LogP contribution in [0.3, 0.4) is 0 Å². The Morgan fingerprint density at radius 1 is 1.19 bits per heavy atom. The molecule has 4 heteroatoms. The molecule has 0 aliphatic heterocycles. The number of ether oxygens (including phenoxy) is 1. The maximum atomic E-state index is 5.61. The van der Waals surface area contributed by atoms with E-state index < -0.39 is 5.60 Å². The minimum absolute atomic E-state index is 0.399. The minimum atomic E-state index is -0.399. The number of hydrogen-bond acceptors (Lipinski definition) is 4. The van der Waals surface area contributed by atoms with Gasteiger partial charge in [-0.15, -0.1) is 0 Å². The van der Waals surface area contributed by atoms with Crippen LogP contribution in [0.15, 0.2) is 0 Å². The Hall–Kier alpha value is -1.00. The van der Waals surface area contributed by atoms with Crippen molar-refractivity contribution in [3.05, 3.63) is 22.8 Å². The highest BCUT2D eigenvalue weighted by molar-refractivity contribution is 5.26. The SMILES string of the molecule is CCC(C)(OC)c1nc(C)c(CCNCC(C)C)c(C)n1. The van der Waals surface area contributed by atoms with E-state index in [0.29, 0.717) is 5.92 Å². The number of rotatable bonds is 8. The zero-order valence-corrected chi connectivity index (χ0v) is 14.7. The van der Waals surface area contributed by atoms with E-state index in [1.807, 2.05) is 6.92 Å². The molecule has 0 bridgehead atoms. The van der Waals surface area contributed by atoms with Gasteiger partial charge in [0.2, 0.25) is 0 Å². The molecule has 1 rings (SSSR count). The zero-order chi connectivity index (χ0) is 16.0. The third-order valence-electron chi connectivity index (χ3n) is 4.12. The van der Waals surface area contributed by atoms with Crippen molar-refractivity contribution in [2.75, 3.05) is 20.2 Å². The van der Waals surface area contributed by atoms with E-state index in [9.17, 15) is 0 Å². The first-order chi connectivity index (χ1) is 9.84. The fourth-order valence-corrected chi connectivity index (χ4v) is 2.34. The van der Waals surface area contributed by atoms with Gasteiger partial charge in [-0.3, -0.25) is 0 Å². The normalized spacial score (nSPS) is 14.5. The third-order valence-corrected chi connectivity index (χ3v) is 4.12. The van der Waals surface area contributed by atoms with Gasteiger partial charge in [-0.1, -0.05) is 20.8 Å². The first-order valence-electron chi connectivity index (χ1n) is 7.94. The van der Waals surface area contributed by atoms with Crippen molar-refractivity contribution in [1.29, 1.82) is 0 Å². The van der Waals surface area contributed by atoms with Crippen molar-refractivity contribution in [3.63, 3.8) is 0 Å². The molecule has 0 saturated carbocycles. The van der Waals surface area contributed by atoms with Crippen LogP contribution in [-0.4, -0.2) is 30.2 Å². The molecule has 1 aromatic heterocycles. The number of nitrogens with zero attached hydrogens (tertiary/aromatic N) is 2. The summed E-state index contributed by atoms with van der Waals surface area (Å²) in [4.78, 5) is 9.40. The van der Waals surface area contributed by atoms with Crippen molar-refractivity contribution >= 4 is 0 Å². The molecule has 0 aliphatic carbocycles. The van der Waals surface area contributed by atoms with E-state index in [2.05, 4.69) is 39.9 Å². The highest BCUT2D eigenvalue weighted by atomic mass is 16.5. The van der Waals surface area contributed by atoms with Crippen molar-refractivity contribution < 1.29 is 4.74 Å². The maximum absolute atomic E-state index is 5.61. The van der Waals surface area contributed by atoms with Gasteiger partial charge in [-0.25, -0.2) is 9.97 Å². The van der Waals surface area contributed by atoms with Gasteiger partial charge in [0.15, 0.2) is 5.82 Å². The summed E-state index contributed by atoms with van der Waals surface area (Å²) in [7, 11) is 1.72. The second kappa shape index (κ2) is 7.85. The molecule has 1 atom stereocenters. The molecular formula is C17H31N3O. The van der Waals surface area contributed by atoms with Gasteiger partial charge < -0.3 is 10.1 Å². The molecule has 1 unspecified atom stereocenters. The molecule has 0 spiro atoms. The number of aryl methyl sites for hydroxylation is 2. The van der Waals surface area contributed by atoms with Gasteiger partial charge in [0.25, 0.3) is 0 Å². The van der Waals surface area contributed by atoms with E-state index >= 15 is 0 Å². The lowest BCUT2D eigenvalue weighted by atomic mass is 10.0. The molecule has 0 saturated heterocycles. The first-order valence-corrected chi connectivity index (χ1v) is 7.94. The fourth-order valence-electron chi connectivity index (χ4n) is 2.34. The van der Waals surface area contributed by atoms with Crippen LogP contribution in [0, 0.1) is 19.8 Å². The van der Waals surface area contributed by atoms with E-state index in [-0.39, 0.29) is 0 Å². The minimum Gasteiger partial charge on any atom is -0.371 e. The Labute approximate surface area is 129 Å². The molecule has 0 aromatic carbocycles. The van der Waals surface area contributed by atoms with Gasteiger partial charge in [0.05, 0.1) is 0 Å². The van der Waals surface area contributed by atoms with Crippen LogP contribution < -0.4 is 5.32 Å². The van der Waals surface area contributed by atoms with Crippen LogP contribution in [0.25, 0.3) is 0 Å². The lowest BCUT2D eigenvalue weighted by molar-refractivity contribution is -0.00928. The largest absolute Gasteiger partial charge is 0.371 e. The van der Waals surface area contributed by atoms with Crippen LogP contribution in [0.2, 0.25) is 0 Å². The van der Waals surface area contributed by atoms with Gasteiger partial charge >= 0.3 is 0 Å². The summed E-state index contributed by atoms with van der Waals surface area (Å²) in [5.74, 6) is 1.47. The smallest absolute Gasteiger partial charge is 0.160 e. The van der Waals surface area contributed by atoms with Gasteiger partial charge in [-0.2, -0.15) is 0 Å². The molecule has 1 heterocycles. The lowest BCUT2D eigenvalue weighted by Crippen LogP contribution is -2.28. The summed E-state index contributed by atoms with van der Waals surface area (Å²) in [6, 6.07) is 0. The fraction of sp³-hybridized carbons (Fsp3) is 0.765. The van der Waals surface area contributed by atoms with E-state index in [0.717, 1.165) is 43.1 Å². The quantitative estimate of drug-likeness (QED) is 0.748. The molecule has 1 N–H and O–H groups in total. The predicted molar refractivity (Wildman–Crippen MR) is 87.6 cm³/mol. The standard InChI is InChI=1S/C17H31N3O/c1-8-17(6,21-7)16-19-13(4)15(14(5)20-16)9-10-18-11-12(2)3/h12,18H,8-11H2,1-7H3. The summed E-state index contributed by atoms with van der Waals surface area (Å²) >= 11 is 0. The Morgan fingerprint density at radius 3 is 2.19 bits per heavy atom. The average Bonchev–Trinajstić information content (AvgIpc) is 2.44. The number of aromatic nitrogens is 2. The molecule has 0 aliphatic rings. The highest BCUT2D eigenvalue weighted by Crippen LogP contribution is 2.26. The monoisotopic (exact) mass is 293 g/mol. The van der Waals surface area contributed by atoms with Crippen molar-refractivity contribution in [3.8, 4) is 0 Å². The Morgan fingerprint density at radius 2 is 1.76 bits per heavy atom. The Balaban J connectivity index is 2.85. The van der Waals surface area contributed by atoms with Crippen LogP contribution in [0.1, 0.15) is 56.9 Å².